The summed E-state index contributed by atoms with van der Waals surface area (Å²) >= 11 is 0. The van der Waals surface area contributed by atoms with E-state index >= 15 is 0 Å². The summed E-state index contributed by atoms with van der Waals surface area (Å²) in [5, 5.41) is 2.59. The van der Waals surface area contributed by atoms with Crippen LogP contribution >= 0.6 is 0 Å². The van der Waals surface area contributed by atoms with E-state index in [4.69, 9.17) is 4.74 Å². The lowest BCUT2D eigenvalue weighted by Gasteiger charge is -2.17. The van der Waals surface area contributed by atoms with Crippen molar-refractivity contribution in [3.63, 3.8) is 0 Å². The lowest BCUT2D eigenvalue weighted by Crippen LogP contribution is -2.26. The van der Waals surface area contributed by atoms with Gasteiger partial charge in [0, 0.05) is 19.3 Å². The Morgan fingerprint density at radius 2 is 1.71 bits per heavy atom. The second-order valence-electron chi connectivity index (χ2n) is 7.01. The van der Waals surface area contributed by atoms with E-state index in [9.17, 15) is 17.6 Å². The fraction of sp³-hybridized carbons (Fsp3) is 0.174. The van der Waals surface area contributed by atoms with Crippen LogP contribution in [0.5, 0.6) is 5.75 Å². The average Bonchev–Trinajstić information content (AvgIpc) is 2.76. The maximum Gasteiger partial charge on any atom is 0.262 e. The Morgan fingerprint density at radius 1 is 1.03 bits per heavy atom. The van der Waals surface area contributed by atoms with Gasteiger partial charge in [0.05, 0.1) is 4.90 Å². The van der Waals surface area contributed by atoms with Gasteiger partial charge in [-0.3, -0.25) is 4.79 Å². The number of hydrogen-bond donors (Lipinski definition) is 1. The molecule has 31 heavy (non-hydrogen) atoms. The molecule has 6 nitrogen and oxygen atoms in total. The van der Waals surface area contributed by atoms with E-state index in [1.54, 1.807) is 13.0 Å². The van der Waals surface area contributed by atoms with Crippen molar-refractivity contribution in [1.29, 1.82) is 0 Å². The van der Waals surface area contributed by atoms with Gasteiger partial charge in [0.2, 0.25) is 10.0 Å². The zero-order chi connectivity index (χ0) is 22.4. The number of carbonyl (C=O) groups is 1. The van der Waals surface area contributed by atoms with Gasteiger partial charge < -0.3 is 10.1 Å². The van der Waals surface area contributed by atoms with E-state index in [-0.39, 0.29) is 18.0 Å². The molecule has 0 aliphatic carbocycles. The third-order valence-electron chi connectivity index (χ3n) is 4.62. The van der Waals surface area contributed by atoms with Crippen LogP contribution in [0.2, 0.25) is 0 Å². The Labute approximate surface area is 181 Å². The topological polar surface area (TPSA) is 75.7 Å². The molecular weight excluding hydrogens is 419 g/mol. The van der Waals surface area contributed by atoms with Crippen molar-refractivity contribution in [2.45, 2.75) is 18.4 Å². The minimum Gasteiger partial charge on any atom is -0.484 e. The second-order valence-corrected chi connectivity index (χ2v) is 9.06. The van der Waals surface area contributed by atoms with Crippen molar-refractivity contribution in [3.05, 3.63) is 89.7 Å². The van der Waals surface area contributed by atoms with Gasteiger partial charge in [-0.15, -0.1) is 0 Å². The quantitative estimate of drug-likeness (QED) is 0.573. The minimum atomic E-state index is -3.67. The molecule has 0 heterocycles. The van der Waals surface area contributed by atoms with Gasteiger partial charge in [0.25, 0.3) is 5.91 Å². The number of hydrogen-bond acceptors (Lipinski definition) is 4. The summed E-state index contributed by atoms with van der Waals surface area (Å²) in [5.74, 6) is -0.556. The molecule has 0 fully saturated rings. The van der Waals surface area contributed by atoms with Gasteiger partial charge in [-0.2, -0.15) is 4.31 Å². The van der Waals surface area contributed by atoms with Crippen LogP contribution in [-0.2, 0) is 21.4 Å². The summed E-state index contributed by atoms with van der Waals surface area (Å²) in [7, 11) is -2.15. The molecule has 3 aromatic carbocycles. The summed E-state index contributed by atoms with van der Waals surface area (Å²) in [5.41, 5.74) is 1.98. The third-order valence-corrected chi connectivity index (χ3v) is 6.44. The largest absolute Gasteiger partial charge is 0.484 e. The zero-order valence-corrected chi connectivity index (χ0v) is 18.0. The van der Waals surface area contributed by atoms with Crippen LogP contribution in [0.15, 0.2) is 77.7 Å². The van der Waals surface area contributed by atoms with E-state index in [1.807, 2.05) is 30.3 Å². The number of sulfonamides is 1. The summed E-state index contributed by atoms with van der Waals surface area (Å²) in [6.07, 6.45) is 0. The summed E-state index contributed by atoms with van der Waals surface area (Å²) < 4.78 is 45.6. The van der Waals surface area contributed by atoms with Crippen LogP contribution in [0.4, 0.5) is 10.1 Å². The van der Waals surface area contributed by atoms with Crippen molar-refractivity contribution < 1.29 is 22.3 Å². The minimum absolute atomic E-state index is 0.123. The number of benzene rings is 3. The van der Waals surface area contributed by atoms with Crippen molar-refractivity contribution in [2.75, 3.05) is 19.0 Å². The van der Waals surface area contributed by atoms with Crippen LogP contribution in [0.3, 0.4) is 0 Å². The normalized spacial score (nSPS) is 11.4. The molecule has 3 aromatic rings. The Bertz CT molecular complexity index is 1150. The Morgan fingerprint density at radius 3 is 2.39 bits per heavy atom. The standard InChI is InChI=1S/C23H23FN2O4S/c1-17-8-9-19(24)14-22(17)25-23(27)16-30-20-10-12-21(13-11-20)31(28,29)26(2)15-18-6-4-3-5-7-18/h3-14H,15-16H2,1-2H3,(H,25,27). The van der Waals surface area contributed by atoms with Gasteiger partial charge in [-0.05, 0) is 54.4 Å². The first kappa shape index (κ1) is 22.5. The molecule has 3 rings (SSSR count). The molecule has 0 aromatic heterocycles. The van der Waals surface area contributed by atoms with Crippen LogP contribution in [0.1, 0.15) is 11.1 Å². The monoisotopic (exact) mass is 442 g/mol. The first-order chi connectivity index (χ1) is 14.8. The maximum atomic E-state index is 13.3. The van der Waals surface area contributed by atoms with E-state index in [2.05, 4.69) is 5.32 Å². The van der Waals surface area contributed by atoms with Gasteiger partial charge >= 0.3 is 0 Å². The van der Waals surface area contributed by atoms with Crippen molar-refractivity contribution in [1.82, 2.24) is 4.31 Å². The smallest absolute Gasteiger partial charge is 0.262 e. The Hall–Kier alpha value is -3.23. The maximum absolute atomic E-state index is 13.3. The number of carbonyl (C=O) groups excluding carboxylic acids is 1. The highest BCUT2D eigenvalue weighted by molar-refractivity contribution is 7.89. The Kier molecular flexibility index (Phi) is 7.04. The molecule has 162 valence electrons. The van der Waals surface area contributed by atoms with Gasteiger partial charge in [-0.1, -0.05) is 36.4 Å². The highest BCUT2D eigenvalue weighted by atomic mass is 32.2. The number of ether oxygens (including phenoxy) is 1. The molecule has 8 heteroatoms. The van der Waals surface area contributed by atoms with E-state index in [1.165, 1.54) is 47.8 Å². The molecule has 0 saturated carbocycles. The number of nitrogens with zero attached hydrogens (tertiary/aromatic N) is 1. The zero-order valence-electron chi connectivity index (χ0n) is 17.2. The first-order valence-electron chi connectivity index (χ1n) is 9.55. The van der Waals surface area contributed by atoms with Crippen molar-refractivity contribution in [2.24, 2.45) is 0 Å². The number of aryl methyl sites for hydroxylation is 1. The third kappa shape index (κ3) is 5.90. The molecule has 1 N–H and O–H groups in total. The predicted molar refractivity (Wildman–Crippen MR) is 117 cm³/mol. The van der Waals surface area contributed by atoms with Crippen molar-refractivity contribution >= 4 is 21.6 Å². The lowest BCUT2D eigenvalue weighted by molar-refractivity contribution is -0.118. The molecule has 0 aliphatic rings. The molecule has 0 saturated heterocycles. The molecule has 0 spiro atoms. The summed E-state index contributed by atoms with van der Waals surface area (Å²) in [6, 6.07) is 19.3. The molecule has 0 unspecified atom stereocenters. The number of anilines is 1. The van der Waals surface area contributed by atoms with E-state index < -0.39 is 21.7 Å². The predicted octanol–water partition coefficient (Wildman–Crippen LogP) is 3.97. The lowest BCUT2D eigenvalue weighted by atomic mass is 10.2. The van der Waals surface area contributed by atoms with E-state index in [0.717, 1.165) is 11.1 Å². The highest BCUT2D eigenvalue weighted by Crippen LogP contribution is 2.21. The Balaban J connectivity index is 1.59. The number of halogens is 1. The van der Waals surface area contributed by atoms with Gasteiger partial charge in [0.15, 0.2) is 6.61 Å². The summed E-state index contributed by atoms with van der Waals surface area (Å²) in [6.45, 7) is 1.71. The van der Waals surface area contributed by atoms with Gasteiger partial charge in [-0.25, -0.2) is 12.8 Å². The molecule has 1 amide bonds. The second kappa shape index (κ2) is 9.72. The fourth-order valence-corrected chi connectivity index (χ4v) is 4.04. The van der Waals surface area contributed by atoms with Crippen LogP contribution in [0.25, 0.3) is 0 Å². The molecule has 0 radical (unpaired) electrons. The average molecular weight is 443 g/mol. The summed E-state index contributed by atoms with van der Waals surface area (Å²) in [4.78, 5) is 12.2. The highest BCUT2D eigenvalue weighted by Gasteiger charge is 2.21. The number of amides is 1. The molecule has 0 atom stereocenters. The van der Waals surface area contributed by atoms with Crippen LogP contribution in [0, 0.1) is 12.7 Å². The van der Waals surface area contributed by atoms with Crippen molar-refractivity contribution in [3.8, 4) is 5.75 Å². The first-order valence-corrected chi connectivity index (χ1v) is 11.0. The number of rotatable bonds is 8. The van der Waals surface area contributed by atoms with Crippen LogP contribution < -0.4 is 10.1 Å². The fourth-order valence-electron chi connectivity index (χ4n) is 2.88. The SMILES string of the molecule is Cc1ccc(F)cc1NC(=O)COc1ccc(S(=O)(=O)N(C)Cc2ccccc2)cc1. The molecule has 0 aliphatic heterocycles. The number of nitrogens with one attached hydrogen (secondary N) is 1. The molecular formula is C23H23FN2O4S. The molecule has 0 bridgehead atoms. The van der Waals surface area contributed by atoms with Crippen LogP contribution in [-0.4, -0.2) is 32.3 Å². The van der Waals surface area contributed by atoms with E-state index in [0.29, 0.717) is 11.4 Å². The van der Waals surface area contributed by atoms with Gasteiger partial charge in [0.1, 0.15) is 11.6 Å².